The monoisotopic (exact) mass is 952 g/mol. The van der Waals surface area contributed by atoms with E-state index < -0.39 is 92.0 Å². The Labute approximate surface area is 362 Å². The Morgan fingerprint density at radius 3 is 2.41 bits per heavy atom. The zero-order chi connectivity index (χ0) is 45.1. The van der Waals surface area contributed by atoms with Crippen molar-refractivity contribution < 1.29 is 48.0 Å². The van der Waals surface area contributed by atoms with Crippen molar-refractivity contribution in [2.24, 2.45) is 18.0 Å². The molecule has 1 saturated carbocycles. The van der Waals surface area contributed by atoms with Crippen LogP contribution in [0.4, 0.5) is 43.7 Å². The van der Waals surface area contributed by atoms with Crippen LogP contribution in [-0.2, 0) is 57.1 Å². The van der Waals surface area contributed by atoms with Crippen molar-refractivity contribution >= 4 is 82.8 Å². The average molecular weight is 953 g/mol. The number of aryl methyl sites for hydroxylation is 1. The third-order valence-electron chi connectivity index (χ3n) is 10.8. The van der Waals surface area contributed by atoms with Gasteiger partial charge in [-0.1, -0.05) is 17.7 Å². The number of hydrogen-bond acceptors (Lipinski definition) is 12. The molecule has 6 aromatic rings. The van der Waals surface area contributed by atoms with Gasteiger partial charge in [0.05, 0.1) is 46.1 Å². The van der Waals surface area contributed by atoms with Crippen LogP contribution in [0.5, 0.6) is 0 Å². The van der Waals surface area contributed by atoms with Crippen molar-refractivity contribution in [2.75, 3.05) is 22.1 Å². The number of anilines is 2. The van der Waals surface area contributed by atoms with Gasteiger partial charge in [-0.15, -0.1) is 11.3 Å². The molecule has 25 heteroatoms. The lowest BCUT2D eigenvalue weighted by Crippen LogP contribution is -2.51. The molecule has 0 saturated heterocycles. The lowest BCUT2D eigenvalue weighted by Gasteiger charge is -2.35. The van der Waals surface area contributed by atoms with Gasteiger partial charge in [-0.25, -0.2) is 49.4 Å². The van der Waals surface area contributed by atoms with Crippen LogP contribution in [0.25, 0.3) is 22.3 Å². The van der Waals surface area contributed by atoms with E-state index >= 15 is 8.78 Å². The number of amides is 1. The number of hydrogen-bond donors (Lipinski definition) is 2. The number of rotatable bonds is 12. The van der Waals surface area contributed by atoms with E-state index in [0.717, 1.165) is 36.0 Å². The van der Waals surface area contributed by atoms with E-state index in [0.29, 0.717) is 16.3 Å². The lowest BCUT2D eigenvalue weighted by atomic mass is 10.0. The SMILES string of the molecule is Cn1nc(NS(C)(=O)=O)c2c(Cl)ccc(N3Cc4ccc(-c5csc(S(C)(=O)=O)n5)nc4N=C3[C@H](Cc3cc(F)cc(F)c3)NC(=O)Cn3nc(C(F)F)c4c3C(F)(F)[C@@H]3C[C@H]43)c21. The van der Waals surface area contributed by atoms with E-state index in [1.807, 2.05) is 0 Å². The molecule has 0 spiro atoms. The van der Waals surface area contributed by atoms with Crippen LogP contribution in [0, 0.1) is 17.6 Å². The number of thiazole rings is 1. The number of amidine groups is 1. The number of pyridine rings is 1. The topological polar surface area (TPSA) is 186 Å². The van der Waals surface area contributed by atoms with Crippen molar-refractivity contribution in [1.29, 1.82) is 0 Å². The smallest absolute Gasteiger partial charge is 0.293 e. The summed E-state index contributed by atoms with van der Waals surface area (Å²) in [7, 11) is -6.03. The van der Waals surface area contributed by atoms with Crippen LogP contribution in [-0.4, -0.2) is 76.7 Å². The molecule has 2 aliphatic carbocycles. The zero-order valence-electron chi connectivity index (χ0n) is 32.7. The van der Waals surface area contributed by atoms with Crippen molar-refractivity contribution in [3.8, 4) is 11.4 Å². The maximum Gasteiger partial charge on any atom is 0.293 e. The summed E-state index contributed by atoms with van der Waals surface area (Å²) in [5, 5.41) is 12.6. The third-order valence-corrected chi connectivity index (χ3v) is 14.2. The minimum Gasteiger partial charge on any atom is -0.344 e. The molecule has 330 valence electrons. The first-order valence-electron chi connectivity index (χ1n) is 18.7. The maximum absolute atomic E-state index is 15.5. The molecule has 0 radical (unpaired) electrons. The number of carbonyl (C=O) groups excluding carboxylic acids is 1. The van der Waals surface area contributed by atoms with Crippen molar-refractivity contribution in [2.45, 2.75) is 54.6 Å². The van der Waals surface area contributed by atoms with Crippen molar-refractivity contribution in [1.82, 2.24) is 34.8 Å². The predicted octanol–water partition coefficient (Wildman–Crippen LogP) is 6.62. The van der Waals surface area contributed by atoms with Crippen LogP contribution in [0.15, 0.2) is 57.2 Å². The summed E-state index contributed by atoms with van der Waals surface area (Å²) in [5.74, 6) is -8.61. The minimum absolute atomic E-state index is 0.00145. The normalized spacial score (nSPS) is 18.3. The highest BCUT2D eigenvalue weighted by atomic mass is 35.5. The number of sulfonamides is 1. The molecule has 3 atom stereocenters. The standard InChI is InChI=1S/C38H31ClF6N10O5S3/c1-53-31-26(7-5-22(39)29(31)35(51-53)52-63(3,59)60)54-13-17-4-6-23(25-15-61-37(48-25)62(2,57)58)47-34(17)49-36(54)24(10-16-8-18(40)11-19(41)9-16)46-27(56)14-55-32-28(30(50-55)33(42)43)20-12-21(20)38(32,44)45/h4-9,11,15,20-21,24,33H,10,12-14H2,1-3H3,(H,46,56)(H,51,52)/t20-,21+,24-/m0/s1. The summed E-state index contributed by atoms with van der Waals surface area (Å²) in [6.45, 7) is -1.04. The van der Waals surface area contributed by atoms with Crippen molar-refractivity contribution in [3.05, 3.63) is 92.6 Å². The Kier molecular flexibility index (Phi) is 10.2. The van der Waals surface area contributed by atoms with Gasteiger partial charge in [-0.3, -0.25) is 18.9 Å². The highest BCUT2D eigenvalue weighted by molar-refractivity contribution is 7.92. The molecule has 2 N–H and O–H groups in total. The van der Waals surface area contributed by atoms with E-state index in [4.69, 9.17) is 16.6 Å². The fourth-order valence-electron chi connectivity index (χ4n) is 8.23. The first-order chi connectivity index (χ1) is 29.6. The van der Waals surface area contributed by atoms with Crippen LogP contribution in [0.2, 0.25) is 5.02 Å². The molecule has 2 aromatic carbocycles. The molecular weight excluding hydrogens is 922 g/mol. The Hall–Kier alpha value is -5.59. The van der Waals surface area contributed by atoms with Gasteiger partial charge in [0.2, 0.25) is 30.1 Å². The summed E-state index contributed by atoms with van der Waals surface area (Å²) in [5.41, 5.74) is -0.461. The van der Waals surface area contributed by atoms with Gasteiger partial charge >= 0.3 is 0 Å². The number of aliphatic imine (C=N–C) groups is 1. The second-order valence-electron chi connectivity index (χ2n) is 15.4. The van der Waals surface area contributed by atoms with Crippen molar-refractivity contribution in [3.63, 3.8) is 0 Å². The van der Waals surface area contributed by atoms with Gasteiger partial charge in [0.15, 0.2) is 11.6 Å². The number of benzene rings is 2. The number of nitrogens with one attached hydrogen (secondary N) is 2. The first kappa shape index (κ1) is 42.7. The molecule has 5 heterocycles. The number of carbonyl (C=O) groups is 1. The zero-order valence-corrected chi connectivity index (χ0v) is 36.0. The largest absolute Gasteiger partial charge is 0.344 e. The molecule has 4 aromatic heterocycles. The van der Waals surface area contributed by atoms with Gasteiger partial charge in [-0.2, -0.15) is 19.0 Å². The number of nitrogens with zero attached hydrogens (tertiary/aromatic N) is 8. The second-order valence-corrected chi connectivity index (χ2v) is 20.6. The average Bonchev–Trinajstić information content (AvgIpc) is 3.41. The van der Waals surface area contributed by atoms with E-state index in [1.54, 1.807) is 23.1 Å². The minimum atomic E-state index is -3.88. The van der Waals surface area contributed by atoms with E-state index in [9.17, 15) is 39.2 Å². The summed E-state index contributed by atoms with van der Waals surface area (Å²) in [4.78, 5) is 29.5. The number of fused-ring (bicyclic) bond motifs is 5. The molecular formula is C38H31ClF6N10O5S3. The quantitative estimate of drug-likeness (QED) is 0.126. The Bertz CT molecular complexity index is 3160. The maximum atomic E-state index is 15.5. The summed E-state index contributed by atoms with van der Waals surface area (Å²) in [6, 6.07) is 7.51. The number of sulfone groups is 1. The number of aromatic nitrogens is 6. The summed E-state index contributed by atoms with van der Waals surface area (Å²) < 4.78 is 142. The van der Waals surface area contributed by atoms with Crippen LogP contribution in [0.1, 0.15) is 46.8 Å². The summed E-state index contributed by atoms with van der Waals surface area (Å²) >= 11 is 7.53. The fraction of sp³-hybridized carbons (Fsp3) is 0.316. The first-order valence-corrected chi connectivity index (χ1v) is 23.8. The lowest BCUT2D eigenvalue weighted by molar-refractivity contribution is -0.122. The third kappa shape index (κ3) is 7.79. The van der Waals surface area contributed by atoms with Crippen LogP contribution >= 0.6 is 22.9 Å². The van der Waals surface area contributed by atoms with E-state index in [-0.39, 0.29) is 78.9 Å². The van der Waals surface area contributed by atoms with Gasteiger partial charge in [0.25, 0.3) is 12.3 Å². The predicted molar refractivity (Wildman–Crippen MR) is 220 cm³/mol. The van der Waals surface area contributed by atoms with Gasteiger partial charge in [-0.05, 0) is 48.2 Å². The number of halogens is 7. The number of alkyl halides is 4. The molecule has 0 unspecified atom stereocenters. The molecule has 1 amide bonds. The van der Waals surface area contributed by atoms with Gasteiger partial charge in [0.1, 0.15) is 41.1 Å². The molecule has 0 bridgehead atoms. The van der Waals surface area contributed by atoms with E-state index in [2.05, 4.69) is 30.2 Å². The fourth-order valence-corrected chi connectivity index (χ4v) is 10.6. The molecule has 15 nitrogen and oxygen atoms in total. The molecule has 1 fully saturated rings. The van der Waals surface area contributed by atoms with Crippen LogP contribution < -0.4 is 14.9 Å². The van der Waals surface area contributed by atoms with Gasteiger partial charge < -0.3 is 10.2 Å². The summed E-state index contributed by atoms with van der Waals surface area (Å²) in [6.07, 6.45) is -1.67. The Morgan fingerprint density at radius 1 is 1.02 bits per heavy atom. The Balaban J connectivity index is 1.19. The molecule has 9 rings (SSSR count). The molecule has 1 aliphatic heterocycles. The highest BCUT2D eigenvalue weighted by Gasteiger charge is 2.67. The van der Waals surface area contributed by atoms with Gasteiger partial charge in [0, 0.05) is 48.2 Å². The second kappa shape index (κ2) is 15.0. The van der Waals surface area contributed by atoms with Crippen LogP contribution in [0.3, 0.4) is 0 Å². The molecule has 3 aliphatic rings. The highest BCUT2D eigenvalue weighted by Crippen LogP contribution is 2.68. The molecule has 63 heavy (non-hydrogen) atoms. The van der Waals surface area contributed by atoms with E-state index in [1.165, 1.54) is 23.2 Å². The Morgan fingerprint density at radius 2 is 1.75 bits per heavy atom.